The van der Waals surface area contributed by atoms with Crippen molar-refractivity contribution in [1.82, 2.24) is 14.8 Å². The number of hydrogen-bond acceptors (Lipinski definition) is 4. The van der Waals surface area contributed by atoms with Crippen molar-refractivity contribution in [3.05, 3.63) is 71.5 Å². The van der Waals surface area contributed by atoms with Crippen molar-refractivity contribution < 1.29 is 4.74 Å². The molecule has 1 aromatic heterocycles. The van der Waals surface area contributed by atoms with Crippen molar-refractivity contribution in [2.75, 3.05) is 0 Å². The van der Waals surface area contributed by atoms with Gasteiger partial charge in [-0.3, -0.25) is 0 Å². The smallest absolute Gasteiger partial charge is 0.191 e. The van der Waals surface area contributed by atoms with Crippen molar-refractivity contribution in [1.29, 1.82) is 0 Å². The zero-order valence-corrected chi connectivity index (χ0v) is 14.1. The van der Waals surface area contributed by atoms with Crippen LogP contribution in [0.15, 0.2) is 59.8 Å². The van der Waals surface area contributed by atoms with Crippen LogP contribution in [0.2, 0.25) is 0 Å². The Hall–Kier alpha value is -2.27. The number of rotatable bonds is 6. The molecule has 0 fully saturated rings. The van der Waals surface area contributed by atoms with E-state index < -0.39 is 0 Å². The first kappa shape index (κ1) is 15.6. The van der Waals surface area contributed by atoms with Crippen molar-refractivity contribution in [2.45, 2.75) is 24.4 Å². The molecule has 0 aliphatic heterocycles. The van der Waals surface area contributed by atoms with Gasteiger partial charge in [-0.2, -0.15) is 0 Å². The number of aromatic nitrogens is 3. The fraction of sp³-hybridized carbons (Fsp3) is 0.222. The Morgan fingerprint density at radius 1 is 1.00 bits per heavy atom. The van der Waals surface area contributed by atoms with E-state index in [4.69, 9.17) is 4.74 Å². The molecule has 0 spiro atoms. The molecule has 1 heterocycles. The van der Waals surface area contributed by atoms with Crippen LogP contribution < -0.4 is 4.74 Å². The van der Waals surface area contributed by atoms with Gasteiger partial charge in [-0.25, -0.2) is 0 Å². The largest absolute Gasteiger partial charge is 0.486 e. The normalized spacial score (nSPS) is 10.7. The molecule has 3 rings (SSSR count). The van der Waals surface area contributed by atoms with Gasteiger partial charge < -0.3 is 9.30 Å². The highest BCUT2D eigenvalue weighted by Crippen LogP contribution is 2.23. The highest BCUT2D eigenvalue weighted by molar-refractivity contribution is 7.98. The molecule has 2 aromatic carbocycles. The average Bonchev–Trinajstić information content (AvgIpc) is 2.93. The van der Waals surface area contributed by atoms with E-state index in [2.05, 4.69) is 41.4 Å². The highest BCUT2D eigenvalue weighted by Gasteiger charge is 2.10. The van der Waals surface area contributed by atoms with E-state index in [9.17, 15) is 0 Å². The van der Waals surface area contributed by atoms with Crippen LogP contribution in [0.1, 0.15) is 17.0 Å². The Labute approximate surface area is 140 Å². The second-order valence-electron chi connectivity index (χ2n) is 5.27. The van der Waals surface area contributed by atoms with Gasteiger partial charge in [0.25, 0.3) is 0 Å². The minimum Gasteiger partial charge on any atom is -0.486 e. The van der Waals surface area contributed by atoms with Gasteiger partial charge in [0.2, 0.25) is 0 Å². The molecular formula is C18H19N3OS. The Bertz CT molecular complexity index is 771. The van der Waals surface area contributed by atoms with E-state index in [1.54, 1.807) is 11.8 Å². The first-order valence-electron chi connectivity index (χ1n) is 7.47. The molecule has 0 saturated heterocycles. The number of ether oxygens (including phenoxy) is 1. The van der Waals surface area contributed by atoms with E-state index in [1.165, 1.54) is 11.1 Å². The Morgan fingerprint density at radius 2 is 1.74 bits per heavy atom. The molecule has 0 aliphatic rings. The maximum absolute atomic E-state index is 5.74. The summed E-state index contributed by atoms with van der Waals surface area (Å²) >= 11 is 1.69. The molecular weight excluding hydrogens is 306 g/mol. The lowest BCUT2D eigenvalue weighted by molar-refractivity contribution is 0.290. The third-order valence-corrected chi connectivity index (χ3v) is 4.72. The lowest BCUT2D eigenvalue weighted by Gasteiger charge is -2.07. The van der Waals surface area contributed by atoms with Crippen LogP contribution in [-0.2, 0) is 19.4 Å². The fourth-order valence-corrected chi connectivity index (χ4v) is 3.18. The zero-order valence-electron chi connectivity index (χ0n) is 13.3. The van der Waals surface area contributed by atoms with Gasteiger partial charge in [0, 0.05) is 12.8 Å². The molecule has 3 aromatic rings. The van der Waals surface area contributed by atoms with Crippen molar-refractivity contribution in [3.8, 4) is 5.75 Å². The monoisotopic (exact) mass is 325 g/mol. The van der Waals surface area contributed by atoms with Gasteiger partial charge in [0.1, 0.15) is 12.4 Å². The lowest BCUT2D eigenvalue weighted by Crippen LogP contribution is -2.04. The number of hydrogen-bond donors (Lipinski definition) is 0. The third kappa shape index (κ3) is 3.93. The predicted octanol–water partition coefficient (Wildman–Crippen LogP) is 3.99. The maximum Gasteiger partial charge on any atom is 0.191 e. The van der Waals surface area contributed by atoms with Crippen LogP contribution in [0.4, 0.5) is 0 Å². The molecule has 0 bridgehead atoms. The Balaban J connectivity index is 1.62. The topological polar surface area (TPSA) is 39.9 Å². The number of benzene rings is 2. The molecule has 0 N–H and O–H groups in total. The van der Waals surface area contributed by atoms with Gasteiger partial charge >= 0.3 is 0 Å². The summed E-state index contributed by atoms with van der Waals surface area (Å²) < 4.78 is 7.73. The number of para-hydroxylation sites is 1. The number of thioether (sulfide) groups is 1. The molecule has 0 atom stereocenters. The summed E-state index contributed by atoms with van der Waals surface area (Å²) in [5, 5.41) is 9.40. The first-order valence-corrected chi connectivity index (χ1v) is 8.46. The summed E-state index contributed by atoms with van der Waals surface area (Å²) in [6.45, 7) is 2.55. The molecule has 5 heteroatoms. The molecule has 0 unspecified atom stereocenters. The second kappa shape index (κ2) is 7.33. The molecule has 118 valence electrons. The van der Waals surface area contributed by atoms with Gasteiger partial charge in [-0.15, -0.1) is 10.2 Å². The van der Waals surface area contributed by atoms with E-state index in [1.807, 2.05) is 41.9 Å². The SMILES string of the molecule is Cc1ccccc1CSc1nnc(COc2ccccc2)n1C. The molecule has 0 saturated carbocycles. The van der Waals surface area contributed by atoms with Crippen LogP contribution >= 0.6 is 11.8 Å². The predicted molar refractivity (Wildman–Crippen MR) is 92.5 cm³/mol. The average molecular weight is 325 g/mol. The second-order valence-corrected chi connectivity index (χ2v) is 6.22. The molecule has 4 nitrogen and oxygen atoms in total. The summed E-state index contributed by atoms with van der Waals surface area (Å²) in [4.78, 5) is 0. The summed E-state index contributed by atoms with van der Waals surface area (Å²) in [5.41, 5.74) is 2.62. The van der Waals surface area contributed by atoms with E-state index >= 15 is 0 Å². The van der Waals surface area contributed by atoms with Gasteiger partial charge in [-0.05, 0) is 30.2 Å². The number of aryl methyl sites for hydroxylation is 1. The summed E-state index contributed by atoms with van der Waals surface area (Å²) in [6, 6.07) is 18.2. The van der Waals surface area contributed by atoms with Crippen molar-refractivity contribution in [3.63, 3.8) is 0 Å². The minimum absolute atomic E-state index is 0.415. The van der Waals surface area contributed by atoms with E-state index in [-0.39, 0.29) is 0 Å². The van der Waals surface area contributed by atoms with Gasteiger partial charge in [0.05, 0.1) is 0 Å². The highest BCUT2D eigenvalue weighted by atomic mass is 32.2. The van der Waals surface area contributed by atoms with Crippen LogP contribution in [0.25, 0.3) is 0 Å². The first-order chi connectivity index (χ1) is 11.2. The molecule has 23 heavy (non-hydrogen) atoms. The Morgan fingerprint density at radius 3 is 2.52 bits per heavy atom. The fourth-order valence-electron chi connectivity index (χ4n) is 2.18. The zero-order chi connectivity index (χ0) is 16.1. The van der Waals surface area contributed by atoms with Gasteiger partial charge in [0.15, 0.2) is 11.0 Å². The van der Waals surface area contributed by atoms with Crippen LogP contribution in [0.3, 0.4) is 0 Å². The van der Waals surface area contributed by atoms with Crippen molar-refractivity contribution in [2.24, 2.45) is 7.05 Å². The lowest BCUT2D eigenvalue weighted by atomic mass is 10.1. The summed E-state index contributed by atoms with van der Waals surface area (Å²) in [7, 11) is 1.98. The maximum atomic E-state index is 5.74. The standard InChI is InChI=1S/C18H19N3OS/c1-14-8-6-7-9-15(14)13-23-18-20-19-17(21(18)2)12-22-16-10-4-3-5-11-16/h3-11H,12-13H2,1-2H3. The minimum atomic E-state index is 0.415. The van der Waals surface area contributed by atoms with Gasteiger partial charge in [-0.1, -0.05) is 54.2 Å². The molecule has 0 amide bonds. The quantitative estimate of drug-likeness (QED) is 0.642. The van der Waals surface area contributed by atoms with Crippen LogP contribution in [0.5, 0.6) is 5.75 Å². The van der Waals surface area contributed by atoms with Crippen LogP contribution in [0, 0.1) is 6.92 Å². The third-order valence-electron chi connectivity index (χ3n) is 3.65. The Kier molecular flexibility index (Phi) is 4.98. The molecule has 0 radical (unpaired) electrons. The van der Waals surface area contributed by atoms with Crippen LogP contribution in [-0.4, -0.2) is 14.8 Å². The number of nitrogens with zero attached hydrogens (tertiary/aromatic N) is 3. The van der Waals surface area contributed by atoms with E-state index in [0.29, 0.717) is 6.61 Å². The summed E-state index contributed by atoms with van der Waals surface area (Å²) in [6.07, 6.45) is 0. The van der Waals surface area contributed by atoms with E-state index in [0.717, 1.165) is 22.5 Å². The summed E-state index contributed by atoms with van der Waals surface area (Å²) in [5.74, 6) is 2.55. The van der Waals surface area contributed by atoms with Crippen molar-refractivity contribution >= 4 is 11.8 Å². The molecule has 0 aliphatic carbocycles.